The second kappa shape index (κ2) is 6.93. The van der Waals surface area contributed by atoms with E-state index in [-0.39, 0.29) is 24.4 Å². The Balaban J connectivity index is 0.00000176. The van der Waals surface area contributed by atoms with E-state index in [4.69, 9.17) is 4.42 Å². The number of nitrogens with zero attached hydrogens (tertiary/aromatic N) is 3. The quantitative estimate of drug-likeness (QED) is 0.888. The predicted molar refractivity (Wildman–Crippen MR) is 84.0 cm³/mol. The van der Waals surface area contributed by atoms with Crippen LogP contribution in [0.3, 0.4) is 0 Å². The summed E-state index contributed by atoms with van der Waals surface area (Å²) in [5.74, 6) is 0.766. The highest BCUT2D eigenvalue weighted by Crippen LogP contribution is 2.21. The first kappa shape index (κ1) is 16.5. The van der Waals surface area contributed by atoms with Crippen LogP contribution in [0.2, 0.25) is 0 Å². The number of hydrogen-bond donors (Lipinski definition) is 2. The first-order valence-corrected chi connectivity index (χ1v) is 7.11. The minimum Gasteiger partial charge on any atom is -0.440 e. The zero-order valence-electron chi connectivity index (χ0n) is 12.6. The summed E-state index contributed by atoms with van der Waals surface area (Å²) in [6.07, 6.45) is 5.53. The van der Waals surface area contributed by atoms with Gasteiger partial charge in [0.15, 0.2) is 5.69 Å². The first-order valence-electron chi connectivity index (χ1n) is 7.11. The molecule has 2 aromatic heterocycles. The van der Waals surface area contributed by atoms with Gasteiger partial charge in [-0.05, 0) is 26.3 Å². The number of nitrogens with one attached hydrogen (secondary N) is 2. The van der Waals surface area contributed by atoms with Crippen molar-refractivity contribution in [2.24, 2.45) is 7.05 Å². The van der Waals surface area contributed by atoms with Crippen LogP contribution in [0.25, 0.3) is 11.5 Å². The van der Waals surface area contributed by atoms with Gasteiger partial charge in [-0.25, -0.2) is 4.98 Å². The summed E-state index contributed by atoms with van der Waals surface area (Å²) in [6, 6.07) is 0.157. The Morgan fingerprint density at radius 2 is 2.36 bits per heavy atom. The Kier molecular flexibility index (Phi) is 5.20. The van der Waals surface area contributed by atoms with Gasteiger partial charge in [-0.15, -0.1) is 12.4 Å². The molecule has 120 valence electrons. The van der Waals surface area contributed by atoms with Crippen LogP contribution < -0.4 is 10.6 Å². The largest absolute Gasteiger partial charge is 0.440 e. The van der Waals surface area contributed by atoms with E-state index < -0.39 is 0 Å². The first-order chi connectivity index (χ1) is 10.1. The molecule has 0 aromatic carbocycles. The summed E-state index contributed by atoms with van der Waals surface area (Å²) in [4.78, 5) is 16.6. The van der Waals surface area contributed by atoms with Crippen molar-refractivity contribution in [3.63, 3.8) is 0 Å². The molecule has 0 spiro atoms. The highest BCUT2D eigenvalue weighted by atomic mass is 35.5. The van der Waals surface area contributed by atoms with Crippen molar-refractivity contribution < 1.29 is 9.21 Å². The zero-order valence-corrected chi connectivity index (χ0v) is 13.4. The lowest BCUT2D eigenvalue weighted by molar-refractivity contribution is 0.0924. The molecular weight excluding hydrogens is 306 g/mol. The molecule has 1 unspecified atom stereocenters. The lowest BCUT2D eigenvalue weighted by Crippen LogP contribution is -2.45. The second-order valence-electron chi connectivity index (χ2n) is 5.34. The molecule has 1 aliphatic heterocycles. The van der Waals surface area contributed by atoms with Crippen LogP contribution in [-0.4, -0.2) is 39.8 Å². The van der Waals surface area contributed by atoms with E-state index in [1.54, 1.807) is 24.0 Å². The highest BCUT2D eigenvalue weighted by Gasteiger charge is 2.22. The molecule has 0 bridgehead atoms. The van der Waals surface area contributed by atoms with Crippen molar-refractivity contribution >= 4 is 18.3 Å². The van der Waals surface area contributed by atoms with Crippen molar-refractivity contribution in [3.05, 3.63) is 23.8 Å². The van der Waals surface area contributed by atoms with Crippen molar-refractivity contribution in [1.82, 2.24) is 25.4 Å². The third-order valence-corrected chi connectivity index (χ3v) is 3.60. The van der Waals surface area contributed by atoms with Crippen LogP contribution in [0.4, 0.5) is 0 Å². The number of carbonyl (C=O) groups excluding carboxylic acids is 1. The molecule has 1 amide bonds. The van der Waals surface area contributed by atoms with Crippen molar-refractivity contribution in [2.75, 3.05) is 13.1 Å². The Bertz CT molecular complexity index is 645. The van der Waals surface area contributed by atoms with Gasteiger partial charge in [0.05, 0.1) is 11.8 Å². The molecule has 0 aliphatic carbocycles. The average Bonchev–Trinajstić information content (AvgIpc) is 3.06. The summed E-state index contributed by atoms with van der Waals surface area (Å²) in [5, 5.41) is 10.3. The van der Waals surface area contributed by atoms with Gasteiger partial charge in [-0.2, -0.15) is 5.10 Å². The topological polar surface area (TPSA) is 85.0 Å². The van der Waals surface area contributed by atoms with Crippen LogP contribution in [0.15, 0.2) is 16.8 Å². The van der Waals surface area contributed by atoms with Gasteiger partial charge < -0.3 is 15.1 Å². The van der Waals surface area contributed by atoms with Crippen molar-refractivity contribution in [3.8, 4) is 11.5 Å². The summed E-state index contributed by atoms with van der Waals surface area (Å²) < 4.78 is 7.25. The Morgan fingerprint density at radius 3 is 3.00 bits per heavy atom. The fraction of sp³-hybridized carbons (Fsp3) is 0.500. The maximum absolute atomic E-state index is 12.3. The molecular formula is C14H20ClN5O2. The number of amides is 1. The Labute approximate surface area is 134 Å². The van der Waals surface area contributed by atoms with Crippen LogP contribution in [0.1, 0.15) is 29.1 Å². The SMILES string of the molecule is Cc1oc(-c2cnn(C)c2)nc1C(=O)NC1CCCNC1.Cl. The van der Waals surface area contributed by atoms with Crippen molar-refractivity contribution in [1.29, 1.82) is 0 Å². The number of halogens is 1. The highest BCUT2D eigenvalue weighted by molar-refractivity contribution is 5.93. The molecule has 1 fully saturated rings. The number of aryl methyl sites for hydroxylation is 2. The lowest BCUT2D eigenvalue weighted by Gasteiger charge is -2.23. The standard InChI is InChI=1S/C14H19N5O2.ClH/c1-9-12(13(20)17-11-4-3-5-15-7-11)18-14(21-9)10-6-16-19(2)8-10;/h6,8,11,15H,3-5,7H2,1-2H3,(H,17,20);1H. The molecule has 3 heterocycles. The van der Waals surface area contributed by atoms with Gasteiger partial charge in [0.25, 0.3) is 5.91 Å². The molecule has 1 atom stereocenters. The number of oxazole rings is 1. The Hall–Kier alpha value is -1.86. The van der Waals surface area contributed by atoms with E-state index >= 15 is 0 Å². The second-order valence-corrected chi connectivity index (χ2v) is 5.34. The summed E-state index contributed by atoms with van der Waals surface area (Å²) in [6.45, 7) is 3.57. The minimum absolute atomic E-state index is 0. The molecule has 2 N–H and O–H groups in total. The molecule has 1 saturated heterocycles. The molecule has 0 saturated carbocycles. The number of aromatic nitrogens is 3. The fourth-order valence-corrected chi connectivity index (χ4v) is 2.49. The summed E-state index contributed by atoms with van der Waals surface area (Å²) >= 11 is 0. The summed E-state index contributed by atoms with van der Waals surface area (Å²) in [7, 11) is 1.82. The lowest BCUT2D eigenvalue weighted by atomic mass is 10.1. The molecule has 1 aliphatic rings. The maximum atomic E-state index is 12.3. The van der Waals surface area contributed by atoms with Gasteiger partial charge in [-0.3, -0.25) is 9.48 Å². The third kappa shape index (κ3) is 3.48. The zero-order chi connectivity index (χ0) is 14.8. The van der Waals surface area contributed by atoms with Crippen LogP contribution in [0.5, 0.6) is 0 Å². The smallest absolute Gasteiger partial charge is 0.273 e. The van der Waals surface area contributed by atoms with Crippen LogP contribution >= 0.6 is 12.4 Å². The van der Waals surface area contributed by atoms with E-state index in [1.807, 2.05) is 7.05 Å². The molecule has 22 heavy (non-hydrogen) atoms. The van der Waals surface area contributed by atoms with E-state index in [0.29, 0.717) is 17.3 Å². The molecule has 3 rings (SSSR count). The molecule has 7 nitrogen and oxygen atoms in total. The fourth-order valence-electron chi connectivity index (χ4n) is 2.49. The van der Waals surface area contributed by atoms with Crippen LogP contribution in [-0.2, 0) is 7.05 Å². The summed E-state index contributed by atoms with van der Waals surface area (Å²) in [5.41, 5.74) is 1.11. The maximum Gasteiger partial charge on any atom is 0.273 e. The van der Waals surface area contributed by atoms with Gasteiger partial charge in [0.2, 0.25) is 5.89 Å². The van der Waals surface area contributed by atoms with Gasteiger partial charge in [0, 0.05) is 25.8 Å². The normalized spacial score (nSPS) is 17.8. The molecule has 8 heteroatoms. The van der Waals surface area contributed by atoms with Gasteiger partial charge in [-0.1, -0.05) is 0 Å². The Morgan fingerprint density at radius 1 is 1.55 bits per heavy atom. The third-order valence-electron chi connectivity index (χ3n) is 3.60. The van der Waals surface area contributed by atoms with E-state index in [1.165, 1.54) is 0 Å². The number of piperidine rings is 1. The number of carbonyl (C=O) groups is 1. The van der Waals surface area contributed by atoms with E-state index in [2.05, 4.69) is 20.7 Å². The number of rotatable bonds is 3. The number of hydrogen-bond acceptors (Lipinski definition) is 5. The average molecular weight is 326 g/mol. The van der Waals surface area contributed by atoms with Gasteiger partial charge >= 0.3 is 0 Å². The van der Waals surface area contributed by atoms with E-state index in [9.17, 15) is 4.79 Å². The molecule has 0 radical (unpaired) electrons. The van der Waals surface area contributed by atoms with Crippen molar-refractivity contribution in [2.45, 2.75) is 25.8 Å². The monoisotopic (exact) mass is 325 g/mol. The predicted octanol–water partition coefficient (Wildman–Crippen LogP) is 1.29. The van der Waals surface area contributed by atoms with E-state index in [0.717, 1.165) is 31.5 Å². The van der Waals surface area contributed by atoms with Gasteiger partial charge in [0.1, 0.15) is 5.76 Å². The minimum atomic E-state index is -0.180. The van der Waals surface area contributed by atoms with Crippen LogP contribution in [0, 0.1) is 6.92 Å². The molecule has 2 aromatic rings.